The number of hydrogen-bond donors (Lipinski definition) is 4. The van der Waals surface area contributed by atoms with Gasteiger partial charge in [-0.05, 0) is 61.9 Å². The van der Waals surface area contributed by atoms with Crippen molar-refractivity contribution in [2.75, 3.05) is 30.9 Å². The molecule has 13 nitrogen and oxygen atoms in total. The maximum Gasteiger partial charge on any atom is 0.320 e. The fourth-order valence-electron chi connectivity index (χ4n) is 4.38. The van der Waals surface area contributed by atoms with Crippen LogP contribution >= 0.6 is 50.8 Å². The summed E-state index contributed by atoms with van der Waals surface area (Å²) in [6.07, 6.45) is 6.22. The lowest BCUT2D eigenvalue weighted by molar-refractivity contribution is -0.138. The van der Waals surface area contributed by atoms with Gasteiger partial charge >= 0.3 is 5.97 Å². The Morgan fingerprint density at radius 2 is 1.98 bits per heavy atom. The predicted octanol–water partition coefficient (Wildman–Crippen LogP) is 4.73. The number of terminal acetylenes is 1. The molecule has 0 spiro atoms. The normalized spacial score (nSPS) is 16.3. The number of carboxylic acids is 1. The lowest BCUT2D eigenvalue weighted by atomic mass is 9.92. The number of anilines is 1. The van der Waals surface area contributed by atoms with Gasteiger partial charge in [-0.3, -0.25) is 19.1 Å². The molecule has 48 heavy (non-hydrogen) atoms. The van der Waals surface area contributed by atoms with Crippen LogP contribution in [0.5, 0.6) is 11.5 Å². The SMILES string of the molecule is C#CCN1C(=O)COc2cc(F)c(N=c3snc4n3CC(C)(C)C4)cc21.CP(=O)(O)CCC(N)C(=O)O.N#Cc1cc(Br)c(O)c(Br)c1. The summed E-state index contributed by atoms with van der Waals surface area (Å²) in [5, 5.41) is 26.0. The molecule has 18 heteroatoms. The van der Waals surface area contributed by atoms with E-state index in [2.05, 4.69) is 61.0 Å². The molecule has 5 rings (SSSR count). The van der Waals surface area contributed by atoms with E-state index in [1.807, 2.05) is 10.6 Å². The summed E-state index contributed by atoms with van der Waals surface area (Å²) in [4.78, 5) is 37.4. The van der Waals surface area contributed by atoms with Crippen molar-refractivity contribution in [2.24, 2.45) is 16.1 Å². The maximum absolute atomic E-state index is 14.5. The number of aromatic nitrogens is 2. The number of benzene rings is 2. The molecule has 2 atom stereocenters. The van der Waals surface area contributed by atoms with Crippen LogP contribution in [0.4, 0.5) is 15.8 Å². The Kier molecular flexibility index (Phi) is 13.1. The highest BCUT2D eigenvalue weighted by Gasteiger charge is 2.31. The molecule has 1 amide bonds. The van der Waals surface area contributed by atoms with Crippen LogP contribution in [-0.4, -0.2) is 67.9 Å². The van der Waals surface area contributed by atoms with E-state index in [1.54, 1.807) is 12.1 Å². The number of fused-ring (bicyclic) bond motifs is 2. The molecule has 0 bridgehead atoms. The largest absolute Gasteiger partial charge is 0.506 e. The molecule has 2 aliphatic heterocycles. The maximum atomic E-state index is 14.5. The van der Waals surface area contributed by atoms with Gasteiger partial charge in [-0.25, -0.2) is 9.38 Å². The molecule has 0 fully saturated rings. The van der Waals surface area contributed by atoms with Crippen molar-refractivity contribution in [3.05, 3.63) is 55.2 Å². The Balaban J connectivity index is 0.000000236. The van der Waals surface area contributed by atoms with Crippen LogP contribution < -0.4 is 20.2 Å². The standard InChI is InChI=1S/C18H17FN4O2S.C7H3Br2NO.C5H12NO4P/c1-4-5-22-13-7-12(11(19)6-14(13)25-9-16(22)24)20-17-23-10-18(2,3)8-15(23)21-26-17;8-5-1-4(3-10)2-6(9)7(5)11;1-11(9,10)3-2-4(6)5(7)8/h1,6-7H,5,8-10H2,2-3H3;1-2,11H;4H,2-3,6H2,1H3,(H,7,8)(H,9,10). The monoisotopic (exact) mass is 828 g/mol. The number of rotatable bonds is 6. The van der Waals surface area contributed by atoms with Crippen molar-refractivity contribution >= 4 is 74.0 Å². The van der Waals surface area contributed by atoms with Crippen molar-refractivity contribution in [3.8, 4) is 29.9 Å². The Morgan fingerprint density at radius 1 is 1.33 bits per heavy atom. The summed E-state index contributed by atoms with van der Waals surface area (Å²) in [6.45, 7) is 6.24. The number of amides is 1. The second kappa shape index (κ2) is 16.2. The van der Waals surface area contributed by atoms with Gasteiger partial charge in [0.2, 0.25) is 4.80 Å². The molecule has 2 unspecified atom stereocenters. The minimum absolute atomic E-state index is 0.0412. The molecule has 1 aromatic heterocycles. The number of aromatic hydroxyl groups is 1. The van der Waals surface area contributed by atoms with Crippen molar-refractivity contribution in [3.63, 3.8) is 0 Å². The second-order valence-electron chi connectivity index (χ2n) is 11.6. The number of nitrogens with two attached hydrogens (primary N) is 1. The molecule has 3 heterocycles. The highest BCUT2D eigenvalue weighted by molar-refractivity contribution is 9.11. The van der Waals surface area contributed by atoms with Crippen LogP contribution in [0, 0.1) is 34.9 Å². The van der Waals surface area contributed by atoms with E-state index in [1.165, 1.54) is 35.2 Å². The van der Waals surface area contributed by atoms with Crippen molar-refractivity contribution in [1.82, 2.24) is 8.94 Å². The third kappa shape index (κ3) is 10.5. The molecule has 0 saturated carbocycles. The Hall–Kier alpha value is -3.57. The third-order valence-electron chi connectivity index (χ3n) is 6.75. The van der Waals surface area contributed by atoms with Gasteiger partial charge in [0.1, 0.15) is 29.1 Å². The second-order valence-corrected chi connectivity index (χ2v) is 16.6. The fraction of sp³-hybridized carbons (Fsp3) is 0.367. The minimum atomic E-state index is -3.10. The van der Waals surface area contributed by atoms with Crippen LogP contribution in [0.25, 0.3) is 0 Å². The van der Waals surface area contributed by atoms with Gasteiger partial charge in [0.15, 0.2) is 19.8 Å². The van der Waals surface area contributed by atoms with Gasteiger partial charge in [0.05, 0.1) is 32.8 Å². The number of phenols is 1. The van der Waals surface area contributed by atoms with Crippen molar-refractivity contribution in [2.45, 2.75) is 39.3 Å². The first-order chi connectivity index (χ1) is 22.4. The van der Waals surface area contributed by atoms with Crippen LogP contribution in [-0.2, 0) is 27.1 Å². The predicted molar refractivity (Wildman–Crippen MR) is 185 cm³/mol. The number of phenolic OH excluding ortho intramolecular Hbond substituents is 1. The molecular weight excluding hydrogens is 798 g/mol. The number of carboxylic acid groups (broad SMARTS) is 1. The average Bonchev–Trinajstić information content (AvgIpc) is 3.51. The zero-order valence-corrected chi connectivity index (χ0v) is 30.9. The topological polar surface area (TPSA) is 204 Å². The molecule has 0 radical (unpaired) electrons. The number of nitrogens with zero attached hydrogens (tertiary/aromatic N) is 5. The van der Waals surface area contributed by atoms with E-state index >= 15 is 0 Å². The summed E-state index contributed by atoms with van der Waals surface area (Å²) >= 11 is 7.45. The summed E-state index contributed by atoms with van der Waals surface area (Å²) < 4.78 is 38.0. The van der Waals surface area contributed by atoms with Crippen molar-refractivity contribution < 1.29 is 38.4 Å². The third-order valence-corrected chi connectivity index (χ3v) is 9.83. The molecule has 0 saturated heterocycles. The van der Waals surface area contributed by atoms with Crippen LogP contribution in [0.2, 0.25) is 0 Å². The zero-order valence-electron chi connectivity index (χ0n) is 26.0. The summed E-state index contributed by atoms with van der Waals surface area (Å²) in [5.74, 6) is 1.90. The first kappa shape index (κ1) is 38.9. The van der Waals surface area contributed by atoms with E-state index < -0.39 is 25.2 Å². The quantitative estimate of drug-likeness (QED) is 0.199. The molecule has 5 N–H and O–H groups in total. The van der Waals surface area contributed by atoms with Crippen LogP contribution in [0.1, 0.15) is 31.7 Å². The molecule has 256 valence electrons. The summed E-state index contributed by atoms with van der Waals surface area (Å²) in [5.41, 5.74) is 6.27. The van der Waals surface area contributed by atoms with Gasteiger partial charge in [-0.15, -0.1) is 6.42 Å². The average molecular weight is 830 g/mol. The first-order valence-electron chi connectivity index (χ1n) is 14.0. The molecule has 2 aliphatic rings. The molecule has 3 aromatic rings. The van der Waals surface area contributed by atoms with Crippen LogP contribution in [0.15, 0.2) is 38.2 Å². The molecular formula is C30H32Br2FN6O7PS. The summed E-state index contributed by atoms with van der Waals surface area (Å²) in [7, 11) is -3.10. The highest BCUT2D eigenvalue weighted by atomic mass is 79.9. The lowest BCUT2D eigenvalue weighted by Crippen LogP contribution is -2.39. The zero-order chi connectivity index (χ0) is 36.0. The summed E-state index contributed by atoms with van der Waals surface area (Å²) in [6, 6.07) is 6.80. The van der Waals surface area contributed by atoms with E-state index in [0.717, 1.165) is 18.8 Å². The first-order valence-corrected chi connectivity index (χ1v) is 18.7. The lowest BCUT2D eigenvalue weighted by Gasteiger charge is -2.28. The number of carbonyl (C=O) groups is 2. The fourth-order valence-corrected chi connectivity index (χ4v) is 7.08. The molecule has 0 aliphatic carbocycles. The number of halogens is 3. The smallest absolute Gasteiger partial charge is 0.320 e. The Morgan fingerprint density at radius 3 is 2.54 bits per heavy atom. The minimum Gasteiger partial charge on any atom is -0.506 e. The van der Waals surface area contributed by atoms with Crippen LogP contribution in [0.3, 0.4) is 0 Å². The van der Waals surface area contributed by atoms with E-state index in [9.17, 15) is 23.7 Å². The Labute approximate surface area is 296 Å². The number of carbonyl (C=O) groups excluding carboxylic acids is 1. The van der Waals surface area contributed by atoms with Crippen molar-refractivity contribution in [1.29, 1.82) is 5.26 Å². The van der Waals surface area contributed by atoms with Gasteiger partial charge in [-0.2, -0.15) is 9.64 Å². The van der Waals surface area contributed by atoms with E-state index in [4.69, 9.17) is 32.2 Å². The van der Waals surface area contributed by atoms with Gasteiger partial charge in [0.25, 0.3) is 5.91 Å². The number of ether oxygens (including phenoxy) is 1. The van der Waals surface area contributed by atoms with Gasteiger partial charge < -0.3 is 30.1 Å². The van der Waals surface area contributed by atoms with E-state index in [-0.39, 0.29) is 48.5 Å². The van der Waals surface area contributed by atoms with Gasteiger partial charge in [-0.1, -0.05) is 19.8 Å². The molecule has 2 aromatic carbocycles. The Bertz CT molecular complexity index is 1890. The number of nitriles is 1. The highest BCUT2D eigenvalue weighted by Crippen LogP contribution is 2.38. The van der Waals surface area contributed by atoms with E-state index in [0.29, 0.717) is 30.7 Å². The number of hydrogen-bond acceptors (Lipinski definition) is 10. The van der Waals surface area contributed by atoms with Gasteiger partial charge in [0, 0.05) is 43.4 Å². The number of aliphatic carboxylic acids is 1.